The molecule has 0 saturated carbocycles. The second kappa shape index (κ2) is 10.6. The molecular formula is C21H28N6O3S. The van der Waals surface area contributed by atoms with Gasteiger partial charge in [0.25, 0.3) is 5.91 Å². The van der Waals surface area contributed by atoms with E-state index in [-0.39, 0.29) is 6.04 Å². The molecule has 0 radical (unpaired) electrons. The Morgan fingerprint density at radius 2 is 1.81 bits per heavy atom. The maximum absolute atomic E-state index is 12.3. The third-order valence-corrected chi connectivity index (χ3v) is 6.37. The standard InChI is InChI=1S/C21H28N6O3S/c28-19(18-15-31-21(23-18)27-10-12-30-13-11-27)24-25-20(29)22-17-6-8-26(9-7-17)14-16-4-2-1-3-5-16/h1-5,15,17H,6-14H2,(H,24,28)(H2,22,25,29). The lowest BCUT2D eigenvalue weighted by atomic mass is 10.0. The minimum atomic E-state index is -0.427. The highest BCUT2D eigenvalue weighted by Crippen LogP contribution is 2.21. The highest BCUT2D eigenvalue weighted by Gasteiger charge is 2.21. The molecule has 2 aromatic rings. The number of hydrogen-bond donors (Lipinski definition) is 3. The van der Waals surface area contributed by atoms with Gasteiger partial charge in [0, 0.05) is 44.1 Å². The van der Waals surface area contributed by atoms with Gasteiger partial charge in [-0.05, 0) is 18.4 Å². The van der Waals surface area contributed by atoms with E-state index in [4.69, 9.17) is 4.74 Å². The molecule has 4 rings (SSSR count). The van der Waals surface area contributed by atoms with Crippen LogP contribution in [0.2, 0.25) is 0 Å². The molecule has 0 atom stereocenters. The number of amides is 3. The third-order valence-electron chi connectivity index (χ3n) is 5.47. The Kier molecular flexibility index (Phi) is 7.34. The van der Waals surface area contributed by atoms with Gasteiger partial charge in [-0.3, -0.25) is 15.1 Å². The number of piperidine rings is 1. The van der Waals surface area contributed by atoms with Crippen LogP contribution in [0.5, 0.6) is 0 Å². The van der Waals surface area contributed by atoms with Gasteiger partial charge in [-0.2, -0.15) is 0 Å². The average Bonchev–Trinajstić information content (AvgIpc) is 3.31. The number of anilines is 1. The van der Waals surface area contributed by atoms with Crippen molar-refractivity contribution in [1.82, 2.24) is 26.1 Å². The molecular weight excluding hydrogens is 416 g/mol. The van der Waals surface area contributed by atoms with E-state index in [0.29, 0.717) is 18.9 Å². The normalized spacial score (nSPS) is 17.9. The van der Waals surface area contributed by atoms with Crippen LogP contribution in [0.1, 0.15) is 28.9 Å². The van der Waals surface area contributed by atoms with Crippen molar-refractivity contribution in [1.29, 1.82) is 0 Å². The van der Waals surface area contributed by atoms with Crippen molar-refractivity contribution in [3.63, 3.8) is 0 Å². The predicted octanol–water partition coefficient (Wildman–Crippen LogP) is 1.59. The Balaban J connectivity index is 1.16. The minimum Gasteiger partial charge on any atom is -0.378 e. The summed E-state index contributed by atoms with van der Waals surface area (Å²) in [5, 5.41) is 5.42. The van der Waals surface area contributed by atoms with Crippen LogP contribution in [0.4, 0.5) is 9.93 Å². The molecule has 2 aliphatic rings. The molecule has 0 unspecified atom stereocenters. The largest absolute Gasteiger partial charge is 0.378 e. The van der Waals surface area contributed by atoms with Crippen LogP contribution >= 0.6 is 11.3 Å². The number of nitrogens with zero attached hydrogens (tertiary/aromatic N) is 3. The maximum atomic E-state index is 12.3. The fourth-order valence-corrected chi connectivity index (χ4v) is 4.60. The van der Waals surface area contributed by atoms with Crippen molar-refractivity contribution in [2.24, 2.45) is 0 Å². The summed E-state index contributed by atoms with van der Waals surface area (Å²) in [6.07, 6.45) is 1.76. The molecule has 3 N–H and O–H groups in total. The average molecular weight is 445 g/mol. The summed E-state index contributed by atoms with van der Waals surface area (Å²) >= 11 is 1.41. The number of ether oxygens (including phenoxy) is 1. The first-order valence-electron chi connectivity index (χ1n) is 10.6. The van der Waals surface area contributed by atoms with Gasteiger partial charge < -0.3 is 15.0 Å². The monoisotopic (exact) mass is 444 g/mol. The van der Waals surface area contributed by atoms with Gasteiger partial charge in [0.05, 0.1) is 13.2 Å². The number of likely N-dealkylation sites (tertiary alicyclic amines) is 1. The van der Waals surface area contributed by atoms with Crippen molar-refractivity contribution in [2.75, 3.05) is 44.3 Å². The number of urea groups is 1. The summed E-state index contributed by atoms with van der Waals surface area (Å²) in [5.74, 6) is -0.427. The van der Waals surface area contributed by atoms with Gasteiger partial charge >= 0.3 is 6.03 Å². The molecule has 1 aromatic heterocycles. The Labute approximate surface area is 185 Å². The van der Waals surface area contributed by atoms with Crippen molar-refractivity contribution < 1.29 is 14.3 Å². The van der Waals surface area contributed by atoms with Crippen LogP contribution in [-0.4, -0.2) is 67.3 Å². The molecule has 166 valence electrons. The number of benzene rings is 1. The summed E-state index contributed by atoms with van der Waals surface area (Å²) in [5.41, 5.74) is 6.46. The predicted molar refractivity (Wildman–Crippen MR) is 119 cm³/mol. The van der Waals surface area contributed by atoms with Crippen LogP contribution in [0.3, 0.4) is 0 Å². The topological polar surface area (TPSA) is 98.8 Å². The summed E-state index contributed by atoms with van der Waals surface area (Å²) in [6.45, 7) is 5.63. The van der Waals surface area contributed by atoms with E-state index in [0.717, 1.165) is 50.7 Å². The number of aromatic nitrogens is 1. The van der Waals surface area contributed by atoms with Gasteiger partial charge in [0.2, 0.25) is 0 Å². The fraction of sp³-hybridized carbons (Fsp3) is 0.476. The molecule has 2 aliphatic heterocycles. The van der Waals surface area contributed by atoms with Gasteiger partial charge in [-0.15, -0.1) is 11.3 Å². The number of carbonyl (C=O) groups is 2. The highest BCUT2D eigenvalue weighted by molar-refractivity contribution is 7.13. The minimum absolute atomic E-state index is 0.0936. The number of morpholine rings is 1. The first-order valence-corrected chi connectivity index (χ1v) is 11.5. The zero-order valence-corrected chi connectivity index (χ0v) is 18.2. The van der Waals surface area contributed by atoms with E-state index in [1.54, 1.807) is 5.38 Å². The molecule has 10 heteroatoms. The SMILES string of the molecule is O=C(NNC(=O)c1csc(N2CCOCC2)n1)NC1CCN(Cc2ccccc2)CC1. The molecule has 31 heavy (non-hydrogen) atoms. The molecule has 0 aliphatic carbocycles. The van der Waals surface area contributed by atoms with Gasteiger partial charge in [0.1, 0.15) is 5.69 Å². The number of hydrogen-bond acceptors (Lipinski definition) is 7. The summed E-state index contributed by atoms with van der Waals surface area (Å²) < 4.78 is 5.33. The molecule has 0 spiro atoms. The molecule has 1 aromatic carbocycles. The number of hydrazine groups is 1. The van der Waals surface area contributed by atoms with Crippen LogP contribution in [0.15, 0.2) is 35.7 Å². The van der Waals surface area contributed by atoms with Crippen LogP contribution in [0, 0.1) is 0 Å². The fourth-order valence-electron chi connectivity index (χ4n) is 3.74. The van der Waals surface area contributed by atoms with E-state index < -0.39 is 11.9 Å². The molecule has 3 amide bonds. The number of nitrogens with one attached hydrogen (secondary N) is 3. The Morgan fingerprint density at radius 3 is 2.55 bits per heavy atom. The van der Waals surface area contributed by atoms with Crippen LogP contribution in [-0.2, 0) is 11.3 Å². The quantitative estimate of drug-likeness (QED) is 0.606. The van der Waals surface area contributed by atoms with Crippen molar-refractivity contribution in [2.45, 2.75) is 25.4 Å². The van der Waals surface area contributed by atoms with Crippen LogP contribution in [0.25, 0.3) is 0 Å². The van der Waals surface area contributed by atoms with E-state index >= 15 is 0 Å². The summed E-state index contributed by atoms with van der Waals surface area (Å²) in [4.78, 5) is 33.3. The summed E-state index contributed by atoms with van der Waals surface area (Å²) in [7, 11) is 0. The number of rotatable bonds is 5. The Bertz CT molecular complexity index is 863. The van der Waals surface area contributed by atoms with E-state index in [2.05, 4.69) is 55.2 Å². The second-order valence-corrected chi connectivity index (χ2v) is 8.54. The van der Waals surface area contributed by atoms with Gasteiger partial charge in [-0.1, -0.05) is 30.3 Å². The molecule has 0 bridgehead atoms. The van der Waals surface area contributed by atoms with Gasteiger partial charge in [-0.25, -0.2) is 15.2 Å². The first-order chi connectivity index (χ1) is 15.2. The highest BCUT2D eigenvalue weighted by atomic mass is 32.1. The van der Waals surface area contributed by atoms with Crippen molar-refractivity contribution in [3.05, 3.63) is 47.0 Å². The number of thiazole rings is 1. The maximum Gasteiger partial charge on any atom is 0.333 e. The number of carbonyl (C=O) groups excluding carboxylic acids is 2. The zero-order valence-electron chi connectivity index (χ0n) is 17.4. The third kappa shape index (κ3) is 6.16. The van der Waals surface area contributed by atoms with Crippen molar-refractivity contribution >= 4 is 28.4 Å². The molecule has 2 saturated heterocycles. The second-order valence-electron chi connectivity index (χ2n) is 7.70. The lowest BCUT2D eigenvalue weighted by Gasteiger charge is -2.32. The zero-order chi connectivity index (χ0) is 21.5. The lowest BCUT2D eigenvalue weighted by molar-refractivity contribution is 0.0930. The van der Waals surface area contributed by atoms with Crippen molar-refractivity contribution in [3.8, 4) is 0 Å². The smallest absolute Gasteiger partial charge is 0.333 e. The molecule has 3 heterocycles. The first kappa shape index (κ1) is 21.5. The van der Waals surface area contributed by atoms with E-state index in [1.165, 1.54) is 16.9 Å². The lowest BCUT2D eigenvalue weighted by Crippen LogP contribution is -2.52. The Hall–Kier alpha value is -2.69. The van der Waals surface area contributed by atoms with Gasteiger partial charge in [0.15, 0.2) is 5.13 Å². The molecule has 9 nitrogen and oxygen atoms in total. The van der Waals surface area contributed by atoms with E-state index in [1.807, 2.05) is 6.07 Å². The van der Waals surface area contributed by atoms with Crippen LogP contribution < -0.4 is 21.1 Å². The summed E-state index contributed by atoms with van der Waals surface area (Å²) in [6, 6.07) is 10.1. The Morgan fingerprint density at radius 1 is 1.06 bits per heavy atom. The molecule has 2 fully saturated rings. The van der Waals surface area contributed by atoms with E-state index in [9.17, 15) is 9.59 Å².